The SMILES string of the molecule is O=C(NC1CCCCC1)C1CSC(c2ccc(F)cc2)N1C(=O)c1ccc(Cl)cc1Cl. The normalized spacial score (nSPS) is 21.8. The lowest BCUT2D eigenvalue weighted by Gasteiger charge is -2.31. The van der Waals surface area contributed by atoms with Crippen LogP contribution in [0.25, 0.3) is 0 Å². The van der Waals surface area contributed by atoms with Crippen molar-refractivity contribution in [3.63, 3.8) is 0 Å². The maximum absolute atomic E-state index is 13.6. The Bertz CT molecular complexity index is 967. The summed E-state index contributed by atoms with van der Waals surface area (Å²) in [5.41, 5.74) is 1.05. The number of amides is 2. The molecule has 1 heterocycles. The highest BCUT2D eigenvalue weighted by molar-refractivity contribution is 7.99. The molecule has 4 nitrogen and oxygen atoms in total. The van der Waals surface area contributed by atoms with E-state index < -0.39 is 11.4 Å². The van der Waals surface area contributed by atoms with Crippen molar-refractivity contribution < 1.29 is 14.0 Å². The fraction of sp³-hybridized carbons (Fsp3) is 0.391. The van der Waals surface area contributed by atoms with Crippen molar-refractivity contribution in [1.82, 2.24) is 10.2 Å². The summed E-state index contributed by atoms with van der Waals surface area (Å²) >= 11 is 13.8. The molecule has 2 atom stereocenters. The zero-order valence-corrected chi connectivity index (χ0v) is 19.2. The third kappa shape index (κ3) is 5.02. The van der Waals surface area contributed by atoms with Gasteiger partial charge in [0.2, 0.25) is 5.91 Å². The first kappa shape index (κ1) is 22.4. The van der Waals surface area contributed by atoms with Crippen LogP contribution >= 0.6 is 35.0 Å². The minimum Gasteiger partial charge on any atom is -0.352 e. The van der Waals surface area contributed by atoms with Crippen molar-refractivity contribution in [2.75, 3.05) is 5.75 Å². The second-order valence-corrected chi connectivity index (χ2v) is 9.89. The van der Waals surface area contributed by atoms with E-state index in [9.17, 15) is 14.0 Å². The van der Waals surface area contributed by atoms with Crippen molar-refractivity contribution in [3.8, 4) is 0 Å². The number of hydrogen-bond acceptors (Lipinski definition) is 3. The second-order valence-electron chi connectivity index (χ2n) is 7.93. The van der Waals surface area contributed by atoms with Crippen molar-refractivity contribution >= 4 is 46.8 Å². The number of benzene rings is 2. The third-order valence-corrected chi connectivity index (χ3v) is 7.68. The Labute approximate surface area is 195 Å². The fourth-order valence-electron chi connectivity index (χ4n) is 4.19. The molecule has 0 aromatic heterocycles. The van der Waals surface area contributed by atoms with Crippen LogP contribution in [0, 0.1) is 5.82 Å². The van der Waals surface area contributed by atoms with Crippen LogP contribution in [-0.2, 0) is 4.79 Å². The van der Waals surface area contributed by atoms with Gasteiger partial charge in [0, 0.05) is 16.8 Å². The smallest absolute Gasteiger partial charge is 0.257 e. The summed E-state index contributed by atoms with van der Waals surface area (Å²) in [6, 6.07) is 10.2. The predicted molar refractivity (Wildman–Crippen MR) is 123 cm³/mol. The van der Waals surface area contributed by atoms with Crippen molar-refractivity contribution in [1.29, 1.82) is 0 Å². The maximum atomic E-state index is 13.6. The Morgan fingerprint density at radius 2 is 1.74 bits per heavy atom. The van der Waals surface area contributed by atoms with Crippen LogP contribution in [0.5, 0.6) is 0 Å². The van der Waals surface area contributed by atoms with Crippen molar-refractivity contribution in [2.45, 2.75) is 49.6 Å². The molecule has 1 saturated carbocycles. The van der Waals surface area contributed by atoms with E-state index in [1.165, 1.54) is 36.4 Å². The number of nitrogens with one attached hydrogen (secondary N) is 1. The van der Waals surface area contributed by atoms with Gasteiger partial charge in [-0.1, -0.05) is 54.6 Å². The molecule has 0 bridgehead atoms. The van der Waals surface area contributed by atoms with Gasteiger partial charge >= 0.3 is 0 Å². The summed E-state index contributed by atoms with van der Waals surface area (Å²) < 4.78 is 13.5. The van der Waals surface area contributed by atoms with Crippen LogP contribution in [0.2, 0.25) is 10.0 Å². The van der Waals surface area contributed by atoms with Gasteiger partial charge in [-0.25, -0.2) is 4.39 Å². The van der Waals surface area contributed by atoms with Crippen molar-refractivity contribution in [3.05, 3.63) is 69.5 Å². The van der Waals surface area contributed by atoms with Gasteiger partial charge < -0.3 is 10.2 Å². The molecule has 1 aliphatic carbocycles. The molecule has 0 spiro atoms. The van der Waals surface area contributed by atoms with Crippen LogP contribution in [-0.4, -0.2) is 34.6 Å². The molecule has 1 saturated heterocycles. The number of carbonyl (C=O) groups excluding carboxylic acids is 2. The first-order valence-corrected chi connectivity index (χ1v) is 12.2. The zero-order valence-electron chi connectivity index (χ0n) is 16.8. The quantitative estimate of drug-likeness (QED) is 0.597. The highest BCUT2D eigenvalue weighted by Gasteiger charge is 2.43. The summed E-state index contributed by atoms with van der Waals surface area (Å²) in [6.07, 6.45) is 5.32. The molecule has 164 valence electrons. The minimum absolute atomic E-state index is 0.146. The van der Waals surface area contributed by atoms with Gasteiger partial charge in [0.15, 0.2) is 0 Å². The molecular formula is C23H23Cl2FN2O2S. The summed E-state index contributed by atoms with van der Waals surface area (Å²) in [4.78, 5) is 28.3. The standard InChI is InChI=1S/C23H23Cl2FN2O2S/c24-15-8-11-18(19(25)12-15)22(30)28-20(21(29)27-17-4-2-1-3-5-17)13-31-23(28)14-6-9-16(26)10-7-14/h6-12,17,20,23H,1-5,13H2,(H,27,29). The van der Waals surface area contributed by atoms with Gasteiger partial charge in [0.25, 0.3) is 5.91 Å². The van der Waals surface area contributed by atoms with E-state index in [0.717, 1.165) is 31.2 Å². The lowest BCUT2D eigenvalue weighted by Crippen LogP contribution is -2.50. The molecule has 1 aliphatic heterocycles. The van der Waals surface area contributed by atoms with Gasteiger partial charge in [-0.3, -0.25) is 9.59 Å². The van der Waals surface area contributed by atoms with Crippen LogP contribution in [0.15, 0.2) is 42.5 Å². The summed E-state index contributed by atoms with van der Waals surface area (Å²) in [6.45, 7) is 0. The number of carbonyl (C=O) groups is 2. The molecule has 2 fully saturated rings. The Morgan fingerprint density at radius 1 is 1.03 bits per heavy atom. The maximum Gasteiger partial charge on any atom is 0.257 e. The van der Waals surface area contributed by atoms with Gasteiger partial charge in [-0.2, -0.15) is 0 Å². The number of hydrogen-bond donors (Lipinski definition) is 1. The second kappa shape index (κ2) is 9.80. The van der Waals surface area contributed by atoms with Crippen LogP contribution < -0.4 is 5.32 Å². The van der Waals surface area contributed by atoms with Gasteiger partial charge in [0.05, 0.1) is 10.6 Å². The monoisotopic (exact) mass is 480 g/mol. The predicted octanol–water partition coefficient (Wildman–Crippen LogP) is 5.84. The topological polar surface area (TPSA) is 49.4 Å². The Kier molecular flexibility index (Phi) is 7.09. The van der Waals surface area contributed by atoms with Crippen LogP contribution in [0.4, 0.5) is 4.39 Å². The molecule has 4 rings (SSSR count). The lowest BCUT2D eigenvalue weighted by atomic mass is 9.95. The summed E-state index contributed by atoms with van der Waals surface area (Å²) in [5, 5.41) is 3.39. The van der Waals surface area contributed by atoms with E-state index in [4.69, 9.17) is 23.2 Å². The van der Waals surface area contributed by atoms with Crippen LogP contribution in [0.3, 0.4) is 0 Å². The Hall–Kier alpha value is -1.76. The van der Waals surface area contributed by atoms with E-state index in [1.54, 1.807) is 29.2 Å². The summed E-state index contributed by atoms with van der Waals surface area (Å²) in [7, 11) is 0. The van der Waals surface area contributed by atoms with E-state index in [2.05, 4.69) is 5.32 Å². The lowest BCUT2D eigenvalue weighted by molar-refractivity contribution is -0.125. The highest BCUT2D eigenvalue weighted by atomic mass is 35.5. The number of rotatable bonds is 4. The molecule has 2 unspecified atom stereocenters. The van der Waals surface area contributed by atoms with E-state index >= 15 is 0 Å². The number of halogens is 3. The largest absolute Gasteiger partial charge is 0.352 e. The van der Waals surface area contributed by atoms with E-state index in [-0.39, 0.29) is 34.3 Å². The molecule has 2 aromatic rings. The first-order chi connectivity index (χ1) is 14.9. The third-order valence-electron chi connectivity index (χ3n) is 5.81. The van der Waals surface area contributed by atoms with Crippen LogP contribution in [0.1, 0.15) is 53.4 Å². The van der Waals surface area contributed by atoms with Crippen molar-refractivity contribution in [2.24, 2.45) is 0 Å². The molecule has 31 heavy (non-hydrogen) atoms. The van der Waals surface area contributed by atoms with E-state index in [0.29, 0.717) is 10.8 Å². The molecular weight excluding hydrogens is 458 g/mol. The van der Waals surface area contributed by atoms with Gasteiger partial charge in [-0.05, 0) is 48.7 Å². The number of nitrogens with zero attached hydrogens (tertiary/aromatic N) is 1. The molecule has 2 aliphatic rings. The zero-order chi connectivity index (χ0) is 22.0. The molecule has 8 heteroatoms. The average molecular weight is 481 g/mol. The fourth-order valence-corrected chi connectivity index (χ4v) is 6.11. The molecule has 2 aromatic carbocycles. The van der Waals surface area contributed by atoms with Gasteiger partial charge in [0.1, 0.15) is 17.2 Å². The summed E-state index contributed by atoms with van der Waals surface area (Å²) in [5.74, 6) is -0.387. The Morgan fingerprint density at radius 3 is 2.42 bits per heavy atom. The first-order valence-electron chi connectivity index (χ1n) is 10.4. The Balaban J connectivity index is 1.64. The molecule has 0 radical (unpaired) electrons. The number of thioether (sulfide) groups is 1. The average Bonchev–Trinajstić information content (AvgIpc) is 3.20. The molecule has 2 amide bonds. The minimum atomic E-state index is -0.638. The van der Waals surface area contributed by atoms with Gasteiger partial charge in [-0.15, -0.1) is 11.8 Å². The van der Waals surface area contributed by atoms with E-state index in [1.807, 2.05) is 0 Å². The highest BCUT2D eigenvalue weighted by Crippen LogP contribution is 2.43. The molecule has 1 N–H and O–H groups in total.